The van der Waals surface area contributed by atoms with Crippen molar-refractivity contribution in [2.75, 3.05) is 10.5 Å². The average molecular weight is 315 g/mol. The van der Waals surface area contributed by atoms with Gasteiger partial charge in [-0.25, -0.2) is 4.98 Å². The van der Waals surface area contributed by atoms with Crippen LogP contribution in [0.1, 0.15) is 12.7 Å². The fourth-order valence-corrected chi connectivity index (χ4v) is 3.00. The monoisotopic (exact) mass is 314 g/mol. The van der Waals surface area contributed by atoms with E-state index in [2.05, 4.69) is 9.71 Å². The standard InChI is InChI=1S/C12H15ClN4O2S/c1-3-17-7-12(15-8(17)2)20(18,19)16-11-6-9(13)4-5-10(11)14/h4-7,16H,3,14H2,1-2H3. The first-order valence-electron chi connectivity index (χ1n) is 5.95. The maximum atomic E-state index is 12.3. The number of halogens is 1. The molecule has 0 aliphatic rings. The van der Waals surface area contributed by atoms with Crippen LogP contribution in [-0.2, 0) is 16.6 Å². The van der Waals surface area contributed by atoms with Crippen LogP contribution in [0.5, 0.6) is 0 Å². The number of imidazole rings is 1. The van der Waals surface area contributed by atoms with Gasteiger partial charge in [0.25, 0.3) is 10.0 Å². The first-order chi connectivity index (χ1) is 9.33. The summed E-state index contributed by atoms with van der Waals surface area (Å²) < 4.78 is 28.7. The van der Waals surface area contributed by atoms with Crippen LogP contribution in [0.3, 0.4) is 0 Å². The van der Waals surface area contributed by atoms with Crippen LogP contribution < -0.4 is 10.5 Å². The van der Waals surface area contributed by atoms with Crippen molar-refractivity contribution in [1.29, 1.82) is 0 Å². The van der Waals surface area contributed by atoms with E-state index in [1.807, 2.05) is 6.92 Å². The molecule has 0 unspecified atom stereocenters. The Hall–Kier alpha value is -1.73. The highest BCUT2D eigenvalue weighted by Crippen LogP contribution is 2.25. The zero-order chi connectivity index (χ0) is 14.9. The molecule has 0 amide bonds. The number of nitrogens with one attached hydrogen (secondary N) is 1. The Labute approximate surface area is 122 Å². The van der Waals surface area contributed by atoms with Crippen molar-refractivity contribution >= 4 is 33.0 Å². The van der Waals surface area contributed by atoms with Gasteiger partial charge in [-0.05, 0) is 32.0 Å². The first-order valence-corrected chi connectivity index (χ1v) is 7.81. The van der Waals surface area contributed by atoms with Crippen LogP contribution in [0, 0.1) is 6.92 Å². The molecule has 0 aliphatic heterocycles. The minimum absolute atomic E-state index is 0.0452. The van der Waals surface area contributed by atoms with Crippen molar-refractivity contribution in [3.8, 4) is 0 Å². The zero-order valence-corrected chi connectivity index (χ0v) is 12.7. The van der Waals surface area contributed by atoms with Gasteiger partial charge < -0.3 is 10.3 Å². The number of hydrogen-bond donors (Lipinski definition) is 2. The van der Waals surface area contributed by atoms with Crippen molar-refractivity contribution in [2.24, 2.45) is 0 Å². The quantitative estimate of drug-likeness (QED) is 0.847. The molecule has 0 saturated carbocycles. The first kappa shape index (κ1) is 14.7. The lowest BCUT2D eigenvalue weighted by Gasteiger charge is -2.08. The molecule has 0 atom stereocenters. The second-order valence-corrected chi connectivity index (χ2v) is 6.32. The van der Waals surface area contributed by atoms with Gasteiger partial charge in [0.05, 0.1) is 11.4 Å². The lowest BCUT2D eigenvalue weighted by Crippen LogP contribution is -2.14. The second-order valence-electron chi connectivity index (χ2n) is 4.25. The molecule has 8 heteroatoms. The summed E-state index contributed by atoms with van der Waals surface area (Å²) in [6, 6.07) is 4.58. The topological polar surface area (TPSA) is 90.0 Å². The Bertz CT molecular complexity index is 740. The van der Waals surface area contributed by atoms with Crippen LogP contribution in [0.25, 0.3) is 0 Å². The van der Waals surface area contributed by atoms with Gasteiger partial charge in [-0.3, -0.25) is 4.72 Å². The second kappa shape index (κ2) is 5.34. The van der Waals surface area contributed by atoms with E-state index in [9.17, 15) is 8.42 Å². The Morgan fingerprint density at radius 1 is 1.45 bits per heavy atom. The van der Waals surface area contributed by atoms with Crippen LogP contribution >= 0.6 is 11.6 Å². The summed E-state index contributed by atoms with van der Waals surface area (Å²) in [5, 5.41) is 0.350. The summed E-state index contributed by atoms with van der Waals surface area (Å²) in [6.45, 7) is 4.30. The molecule has 0 bridgehead atoms. The lowest BCUT2D eigenvalue weighted by molar-refractivity contribution is 0.598. The van der Waals surface area contributed by atoms with E-state index in [0.717, 1.165) is 0 Å². The molecule has 0 aliphatic carbocycles. The predicted octanol–water partition coefficient (Wildman–Crippen LogP) is 2.25. The minimum atomic E-state index is -3.78. The van der Waals surface area contributed by atoms with Gasteiger partial charge in [0.15, 0.2) is 5.03 Å². The predicted molar refractivity (Wildman–Crippen MR) is 79.3 cm³/mol. The van der Waals surface area contributed by atoms with E-state index in [1.165, 1.54) is 18.3 Å². The molecular formula is C12H15ClN4O2S. The number of hydrogen-bond acceptors (Lipinski definition) is 4. The molecule has 0 saturated heterocycles. The van der Waals surface area contributed by atoms with Gasteiger partial charge >= 0.3 is 0 Å². The van der Waals surface area contributed by atoms with Crippen molar-refractivity contribution in [3.63, 3.8) is 0 Å². The van der Waals surface area contributed by atoms with Crippen molar-refractivity contribution in [1.82, 2.24) is 9.55 Å². The molecule has 108 valence electrons. The molecule has 1 aromatic carbocycles. The van der Waals surface area contributed by atoms with Crippen LogP contribution in [0.2, 0.25) is 5.02 Å². The highest BCUT2D eigenvalue weighted by molar-refractivity contribution is 7.92. The minimum Gasteiger partial charge on any atom is -0.397 e. The number of benzene rings is 1. The number of aromatic nitrogens is 2. The molecule has 2 rings (SSSR count). The van der Waals surface area contributed by atoms with E-state index in [-0.39, 0.29) is 10.7 Å². The van der Waals surface area contributed by atoms with Crippen LogP contribution in [-0.4, -0.2) is 18.0 Å². The zero-order valence-electron chi connectivity index (χ0n) is 11.1. The van der Waals surface area contributed by atoms with E-state index < -0.39 is 10.0 Å². The molecule has 0 spiro atoms. The number of aryl methyl sites for hydroxylation is 2. The fourth-order valence-electron chi connectivity index (χ4n) is 1.74. The SMILES string of the molecule is CCn1cc(S(=O)(=O)Nc2cc(Cl)ccc2N)nc1C. The van der Waals surface area contributed by atoms with Crippen LogP contribution in [0.15, 0.2) is 29.4 Å². The van der Waals surface area contributed by atoms with Gasteiger partial charge in [-0.15, -0.1) is 0 Å². The molecule has 6 nitrogen and oxygen atoms in total. The van der Waals surface area contributed by atoms with Gasteiger partial charge in [0.2, 0.25) is 0 Å². The van der Waals surface area contributed by atoms with Crippen molar-refractivity contribution in [3.05, 3.63) is 35.2 Å². The fraction of sp³-hybridized carbons (Fsp3) is 0.250. The van der Waals surface area contributed by atoms with E-state index >= 15 is 0 Å². The number of rotatable bonds is 4. The molecule has 1 aromatic heterocycles. The molecule has 2 aromatic rings. The van der Waals surface area contributed by atoms with Gasteiger partial charge in [-0.2, -0.15) is 8.42 Å². The molecule has 3 N–H and O–H groups in total. The third kappa shape index (κ3) is 2.88. The Morgan fingerprint density at radius 2 is 2.15 bits per heavy atom. The number of anilines is 2. The smallest absolute Gasteiger partial charge is 0.281 e. The summed E-state index contributed by atoms with van der Waals surface area (Å²) in [5.41, 5.74) is 6.26. The van der Waals surface area contributed by atoms with Crippen LogP contribution in [0.4, 0.5) is 11.4 Å². The number of nitrogen functional groups attached to an aromatic ring is 1. The highest BCUT2D eigenvalue weighted by Gasteiger charge is 2.20. The summed E-state index contributed by atoms with van der Waals surface area (Å²) >= 11 is 5.83. The van der Waals surface area contributed by atoms with E-state index in [4.69, 9.17) is 17.3 Å². The Morgan fingerprint density at radius 3 is 2.75 bits per heavy atom. The lowest BCUT2D eigenvalue weighted by atomic mass is 10.3. The number of nitrogens with two attached hydrogens (primary N) is 1. The van der Waals surface area contributed by atoms with Gasteiger partial charge in [0.1, 0.15) is 5.82 Å². The molecule has 1 heterocycles. The third-order valence-corrected chi connectivity index (χ3v) is 4.30. The molecular weight excluding hydrogens is 300 g/mol. The maximum Gasteiger partial charge on any atom is 0.281 e. The molecule has 0 fully saturated rings. The third-order valence-electron chi connectivity index (χ3n) is 2.83. The van der Waals surface area contributed by atoms with Gasteiger partial charge in [0, 0.05) is 17.8 Å². The summed E-state index contributed by atoms with van der Waals surface area (Å²) in [4.78, 5) is 4.04. The normalized spacial score (nSPS) is 11.6. The molecule has 20 heavy (non-hydrogen) atoms. The summed E-state index contributed by atoms with van der Waals surface area (Å²) in [5.74, 6) is 0.631. The largest absolute Gasteiger partial charge is 0.397 e. The summed E-state index contributed by atoms with van der Waals surface area (Å²) in [6.07, 6.45) is 1.48. The Balaban J connectivity index is 2.37. The summed E-state index contributed by atoms with van der Waals surface area (Å²) in [7, 11) is -3.78. The highest BCUT2D eigenvalue weighted by atomic mass is 35.5. The molecule has 0 radical (unpaired) electrons. The maximum absolute atomic E-state index is 12.3. The number of sulfonamides is 1. The Kier molecular flexibility index (Phi) is 3.92. The van der Waals surface area contributed by atoms with E-state index in [1.54, 1.807) is 17.6 Å². The van der Waals surface area contributed by atoms with Gasteiger partial charge in [-0.1, -0.05) is 11.6 Å². The number of nitrogens with zero attached hydrogens (tertiary/aromatic N) is 2. The van der Waals surface area contributed by atoms with E-state index in [0.29, 0.717) is 23.1 Å². The van der Waals surface area contributed by atoms with Crippen molar-refractivity contribution in [2.45, 2.75) is 25.4 Å². The van der Waals surface area contributed by atoms with Crippen molar-refractivity contribution < 1.29 is 8.42 Å². The average Bonchev–Trinajstić information content (AvgIpc) is 2.76.